The summed E-state index contributed by atoms with van der Waals surface area (Å²) >= 11 is 1.45. The van der Waals surface area contributed by atoms with E-state index in [-0.39, 0.29) is 17.0 Å². The topological polar surface area (TPSA) is 75.3 Å². The second kappa shape index (κ2) is 7.99. The number of halogens is 1. The van der Waals surface area contributed by atoms with Crippen LogP contribution in [0, 0.1) is 12.7 Å². The zero-order valence-corrected chi connectivity index (χ0v) is 16.0. The van der Waals surface area contributed by atoms with Crippen molar-refractivity contribution in [3.05, 3.63) is 81.8 Å². The number of hydrogen-bond donors (Lipinski definition) is 2. The first-order valence-corrected chi connectivity index (χ1v) is 10.4. The Morgan fingerprint density at radius 2 is 1.93 bits per heavy atom. The SMILES string of the molecule is Cc1ccc(F)cc1NC(=O)c1cccc(S(=O)(=O)NCc2cccs2)c1. The lowest BCUT2D eigenvalue weighted by Crippen LogP contribution is -2.23. The number of benzene rings is 2. The monoisotopic (exact) mass is 404 g/mol. The maximum Gasteiger partial charge on any atom is 0.255 e. The Labute approximate surface area is 160 Å². The van der Waals surface area contributed by atoms with Gasteiger partial charge in [-0.25, -0.2) is 17.5 Å². The van der Waals surface area contributed by atoms with Crippen LogP contribution < -0.4 is 10.0 Å². The lowest BCUT2D eigenvalue weighted by molar-refractivity contribution is 0.102. The van der Waals surface area contributed by atoms with Crippen LogP contribution in [-0.4, -0.2) is 14.3 Å². The number of carbonyl (C=O) groups is 1. The highest BCUT2D eigenvalue weighted by Crippen LogP contribution is 2.19. The van der Waals surface area contributed by atoms with Crippen molar-refractivity contribution in [1.82, 2.24) is 4.72 Å². The number of thiophene rings is 1. The van der Waals surface area contributed by atoms with E-state index in [1.54, 1.807) is 13.0 Å². The molecule has 5 nitrogen and oxygen atoms in total. The number of anilines is 1. The van der Waals surface area contributed by atoms with Crippen LogP contribution in [0.4, 0.5) is 10.1 Å². The standard InChI is InChI=1S/C19H17FN2O3S2/c1-13-7-8-15(20)11-18(13)22-19(23)14-4-2-6-17(10-14)27(24,25)21-12-16-5-3-9-26-16/h2-11,21H,12H2,1H3,(H,22,23). The fourth-order valence-electron chi connectivity index (χ4n) is 2.39. The van der Waals surface area contributed by atoms with Gasteiger partial charge in [0.2, 0.25) is 10.0 Å². The highest BCUT2D eigenvalue weighted by molar-refractivity contribution is 7.89. The molecule has 0 spiro atoms. The van der Waals surface area contributed by atoms with Gasteiger partial charge in [-0.05, 0) is 54.3 Å². The van der Waals surface area contributed by atoms with Crippen LogP contribution in [-0.2, 0) is 16.6 Å². The molecule has 0 radical (unpaired) electrons. The Hall–Kier alpha value is -2.55. The minimum absolute atomic E-state index is 0.0114. The van der Waals surface area contributed by atoms with Gasteiger partial charge in [0.15, 0.2) is 0 Å². The maximum atomic E-state index is 13.4. The molecular weight excluding hydrogens is 387 g/mol. The maximum absolute atomic E-state index is 13.4. The summed E-state index contributed by atoms with van der Waals surface area (Å²) in [4.78, 5) is 13.3. The number of carbonyl (C=O) groups excluding carboxylic acids is 1. The molecule has 8 heteroatoms. The first-order chi connectivity index (χ1) is 12.8. The summed E-state index contributed by atoms with van der Waals surface area (Å²) in [6.07, 6.45) is 0. The van der Waals surface area contributed by atoms with Crippen molar-refractivity contribution < 1.29 is 17.6 Å². The number of hydrogen-bond acceptors (Lipinski definition) is 4. The average Bonchev–Trinajstić information content (AvgIpc) is 3.17. The lowest BCUT2D eigenvalue weighted by atomic mass is 10.1. The third-order valence-electron chi connectivity index (χ3n) is 3.87. The minimum Gasteiger partial charge on any atom is -0.322 e. The van der Waals surface area contributed by atoms with Crippen LogP contribution in [0.2, 0.25) is 0 Å². The molecule has 2 aromatic carbocycles. The Morgan fingerprint density at radius 3 is 2.67 bits per heavy atom. The van der Waals surface area contributed by atoms with Crippen molar-refractivity contribution in [3.8, 4) is 0 Å². The Balaban J connectivity index is 1.78. The van der Waals surface area contributed by atoms with Crippen molar-refractivity contribution >= 4 is 33.0 Å². The molecule has 1 amide bonds. The van der Waals surface area contributed by atoms with E-state index in [2.05, 4.69) is 10.0 Å². The smallest absolute Gasteiger partial charge is 0.255 e. The molecule has 0 saturated heterocycles. The molecule has 1 heterocycles. The second-order valence-corrected chi connectivity index (χ2v) is 8.64. The van der Waals surface area contributed by atoms with Crippen LogP contribution in [0.1, 0.15) is 20.8 Å². The first kappa shape index (κ1) is 19.2. The lowest BCUT2D eigenvalue weighted by Gasteiger charge is -2.10. The molecule has 0 aliphatic heterocycles. The zero-order chi connectivity index (χ0) is 19.4. The predicted molar refractivity (Wildman–Crippen MR) is 104 cm³/mol. The van der Waals surface area contributed by atoms with Gasteiger partial charge in [0.05, 0.1) is 4.90 Å². The third kappa shape index (κ3) is 4.79. The number of rotatable bonds is 6. The van der Waals surface area contributed by atoms with Gasteiger partial charge >= 0.3 is 0 Å². The summed E-state index contributed by atoms with van der Waals surface area (Å²) in [5.74, 6) is -0.982. The molecule has 3 aromatic rings. The normalized spacial score (nSPS) is 11.3. The fraction of sp³-hybridized carbons (Fsp3) is 0.105. The van der Waals surface area contributed by atoms with Crippen molar-refractivity contribution in [3.63, 3.8) is 0 Å². The quantitative estimate of drug-likeness (QED) is 0.654. The van der Waals surface area contributed by atoms with Crippen molar-refractivity contribution in [2.75, 3.05) is 5.32 Å². The van der Waals surface area contributed by atoms with Gasteiger partial charge in [-0.15, -0.1) is 11.3 Å². The molecule has 0 saturated carbocycles. The molecule has 1 aromatic heterocycles. The van der Waals surface area contributed by atoms with Gasteiger partial charge in [-0.1, -0.05) is 18.2 Å². The number of sulfonamides is 1. The van der Waals surface area contributed by atoms with Gasteiger partial charge < -0.3 is 5.32 Å². The van der Waals surface area contributed by atoms with E-state index in [9.17, 15) is 17.6 Å². The summed E-state index contributed by atoms with van der Waals surface area (Å²) in [7, 11) is -3.76. The summed E-state index contributed by atoms with van der Waals surface area (Å²) in [5.41, 5.74) is 1.20. The Kier molecular flexibility index (Phi) is 5.69. The van der Waals surface area contributed by atoms with E-state index in [0.717, 1.165) is 4.88 Å². The van der Waals surface area contributed by atoms with Crippen LogP contribution in [0.3, 0.4) is 0 Å². The molecule has 2 N–H and O–H groups in total. The highest BCUT2D eigenvalue weighted by atomic mass is 32.2. The molecule has 0 unspecified atom stereocenters. The second-order valence-electron chi connectivity index (χ2n) is 5.85. The summed E-state index contributed by atoms with van der Waals surface area (Å²) < 4.78 is 40.8. The van der Waals surface area contributed by atoms with E-state index in [1.807, 2.05) is 17.5 Å². The average molecular weight is 404 g/mol. The largest absolute Gasteiger partial charge is 0.322 e. The molecule has 3 rings (SSSR count). The predicted octanol–water partition coefficient (Wildman–Crippen LogP) is 3.93. The van der Waals surface area contributed by atoms with Gasteiger partial charge in [-0.2, -0.15) is 0 Å². The van der Waals surface area contributed by atoms with Crippen molar-refractivity contribution in [1.29, 1.82) is 0 Å². The number of amides is 1. The van der Waals surface area contributed by atoms with E-state index in [0.29, 0.717) is 11.3 Å². The summed E-state index contributed by atoms with van der Waals surface area (Å²) in [5, 5.41) is 4.47. The number of aryl methyl sites for hydroxylation is 1. The molecule has 0 atom stereocenters. The molecule has 0 bridgehead atoms. The molecule has 0 fully saturated rings. The van der Waals surface area contributed by atoms with Crippen LogP contribution in [0.15, 0.2) is 64.9 Å². The van der Waals surface area contributed by atoms with Crippen LogP contribution >= 0.6 is 11.3 Å². The summed E-state index contributed by atoms with van der Waals surface area (Å²) in [6.45, 7) is 1.92. The fourth-order valence-corrected chi connectivity index (χ4v) is 4.18. The zero-order valence-electron chi connectivity index (χ0n) is 14.4. The van der Waals surface area contributed by atoms with Crippen molar-refractivity contribution in [2.45, 2.75) is 18.4 Å². The van der Waals surface area contributed by atoms with E-state index >= 15 is 0 Å². The minimum atomic E-state index is -3.76. The third-order valence-corrected chi connectivity index (χ3v) is 6.15. The van der Waals surface area contributed by atoms with E-state index < -0.39 is 21.7 Å². The molecule has 0 aliphatic carbocycles. The van der Waals surface area contributed by atoms with E-state index in [1.165, 1.54) is 47.7 Å². The van der Waals surface area contributed by atoms with E-state index in [4.69, 9.17) is 0 Å². The highest BCUT2D eigenvalue weighted by Gasteiger charge is 2.17. The summed E-state index contributed by atoms with van der Waals surface area (Å²) in [6, 6.07) is 13.5. The first-order valence-electron chi connectivity index (χ1n) is 8.05. The Morgan fingerprint density at radius 1 is 1.11 bits per heavy atom. The van der Waals surface area contributed by atoms with Gasteiger partial charge in [0.25, 0.3) is 5.91 Å². The van der Waals surface area contributed by atoms with Gasteiger partial charge in [0.1, 0.15) is 5.82 Å². The van der Waals surface area contributed by atoms with Crippen molar-refractivity contribution in [2.24, 2.45) is 0 Å². The Bertz CT molecular complexity index is 1060. The molecule has 27 heavy (non-hydrogen) atoms. The molecular formula is C19H17FN2O3S2. The van der Waals surface area contributed by atoms with Crippen LogP contribution in [0.5, 0.6) is 0 Å². The van der Waals surface area contributed by atoms with Gasteiger partial charge in [-0.3, -0.25) is 4.79 Å². The van der Waals surface area contributed by atoms with Gasteiger partial charge in [0, 0.05) is 22.7 Å². The molecule has 0 aliphatic rings. The van der Waals surface area contributed by atoms with Crippen LogP contribution in [0.25, 0.3) is 0 Å². The molecule has 140 valence electrons. The number of nitrogens with one attached hydrogen (secondary N) is 2.